The van der Waals surface area contributed by atoms with E-state index in [0.717, 1.165) is 23.8 Å². The maximum Gasteiger partial charge on any atom is 0.0545 e. The third kappa shape index (κ3) is 2.57. The first-order valence-electron chi connectivity index (χ1n) is 10.8. The van der Waals surface area contributed by atoms with Crippen LogP contribution in [0, 0.1) is 34.5 Å². The first-order valence-corrected chi connectivity index (χ1v) is 10.8. The predicted octanol–water partition coefficient (Wildman–Crippen LogP) is 4.88. The fourth-order valence-electron chi connectivity index (χ4n) is 7.92. The summed E-state index contributed by atoms with van der Waals surface area (Å²) in [7, 11) is 4.50. The van der Waals surface area contributed by atoms with Crippen molar-refractivity contribution < 1.29 is 5.11 Å². The van der Waals surface area contributed by atoms with Crippen molar-refractivity contribution in [1.82, 2.24) is 4.90 Å². The van der Waals surface area contributed by atoms with Crippen molar-refractivity contribution in [3.8, 4) is 0 Å². The molecule has 3 fully saturated rings. The van der Waals surface area contributed by atoms with Crippen LogP contribution in [0.5, 0.6) is 0 Å². The highest BCUT2D eigenvalue weighted by Gasteiger charge is 2.59. The molecule has 2 heteroatoms. The van der Waals surface area contributed by atoms with Crippen LogP contribution in [0.4, 0.5) is 0 Å². The zero-order valence-electron chi connectivity index (χ0n) is 17.1. The molecule has 4 aliphatic carbocycles. The molecule has 0 aliphatic heterocycles. The maximum atomic E-state index is 10.4. The van der Waals surface area contributed by atoms with Crippen molar-refractivity contribution in [1.29, 1.82) is 0 Å². The minimum atomic E-state index is -0.132. The molecule has 8 atom stereocenters. The average molecular weight is 346 g/mol. The average Bonchev–Trinajstić information content (AvgIpc) is 2.91. The number of hydrogen-bond donors (Lipinski definition) is 1. The summed E-state index contributed by atoms with van der Waals surface area (Å²) in [5.41, 5.74) is 2.63. The molecule has 4 aliphatic rings. The van der Waals surface area contributed by atoms with Crippen LogP contribution in [0.3, 0.4) is 0 Å². The topological polar surface area (TPSA) is 23.5 Å². The minimum Gasteiger partial charge on any atom is -0.393 e. The van der Waals surface area contributed by atoms with E-state index in [1.165, 1.54) is 51.4 Å². The molecule has 0 aromatic rings. The van der Waals surface area contributed by atoms with Crippen molar-refractivity contribution in [2.45, 2.75) is 84.3 Å². The zero-order valence-corrected chi connectivity index (χ0v) is 17.1. The van der Waals surface area contributed by atoms with Crippen molar-refractivity contribution in [2.24, 2.45) is 34.5 Å². The van der Waals surface area contributed by atoms with Gasteiger partial charge in [0, 0.05) is 6.04 Å². The van der Waals surface area contributed by atoms with Crippen molar-refractivity contribution in [3.05, 3.63) is 11.6 Å². The molecular formula is C23H39NO. The summed E-state index contributed by atoms with van der Waals surface area (Å²) in [6.45, 7) is 7.15. The first kappa shape index (κ1) is 18.0. The molecular weight excluding hydrogens is 306 g/mol. The molecule has 0 bridgehead atoms. The van der Waals surface area contributed by atoms with Crippen molar-refractivity contribution in [2.75, 3.05) is 14.1 Å². The normalized spacial score (nSPS) is 50.7. The van der Waals surface area contributed by atoms with Crippen molar-refractivity contribution in [3.63, 3.8) is 0 Å². The second-order valence-corrected chi connectivity index (χ2v) is 10.6. The highest BCUT2D eigenvalue weighted by Crippen LogP contribution is 2.66. The Bertz CT molecular complexity index is 552. The van der Waals surface area contributed by atoms with Gasteiger partial charge in [0.1, 0.15) is 0 Å². The van der Waals surface area contributed by atoms with Crippen LogP contribution >= 0.6 is 0 Å². The van der Waals surface area contributed by atoms with Gasteiger partial charge in [0.15, 0.2) is 0 Å². The van der Waals surface area contributed by atoms with Gasteiger partial charge in [-0.05, 0) is 107 Å². The molecule has 0 aromatic carbocycles. The van der Waals surface area contributed by atoms with E-state index < -0.39 is 0 Å². The molecule has 0 radical (unpaired) electrons. The Morgan fingerprint density at radius 3 is 2.52 bits per heavy atom. The van der Waals surface area contributed by atoms with E-state index in [1.807, 2.05) is 6.92 Å². The fourth-order valence-corrected chi connectivity index (χ4v) is 7.92. The molecule has 2 nitrogen and oxygen atoms in total. The number of hydrogen-bond acceptors (Lipinski definition) is 2. The summed E-state index contributed by atoms with van der Waals surface area (Å²) in [4.78, 5) is 2.44. The largest absolute Gasteiger partial charge is 0.393 e. The molecule has 4 rings (SSSR count). The second kappa shape index (κ2) is 6.09. The lowest BCUT2D eigenvalue weighted by molar-refractivity contribution is -0.0646. The summed E-state index contributed by atoms with van der Waals surface area (Å²) in [6.07, 6.45) is 13.2. The second-order valence-electron chi connectivity index (χ2n) is 10.6. The number of nitrogens with zero attached hydrogens (tertiary/aromatic N) is 1. The molecule has 1 N–H and O–H groups in total. The Balaban J connectivity index is 1.61. The molecule has 0 heterocycles. The number of fused-ring (bicyclic) bond motifs is 5. The summed E-state index contributed by atoms with van der Waals surface area (Å²) in [5.74, 6) is 3.13. The lowest BCUT2D eigenvalue weighted by Crippen LogP contribution is -2.52. The quantitative estimate of drug-likeness (QED) is 0.721. The fraction of sp³-hybridized carbons (Fsp3) is 0.913. The Kier molecular flexibility index (Phi) is 4.40. The molecule has 0 aromatic heterocycles. The van der Waals surface area contributed by atoms with Crippen LogP contribution in [-0.4, -0.2) is 36.2 Å². The Hall–Kier alpha value is -0.340. The van der Waals surface area contributed by atoms with Crippen LogP contribution < -0.4 is 0 Å². The maximum absolute atomic E-state index is 10.4. The SMILES string of the molecule is CC(O)[C@H]1CC[C@H]2[C@@H]3CC=C4C[C@@H](N(C)C)CC[C@]4(C)[C@H]3CC[C@]12C. The van der Waals surface area contributed by atoms with Crippen LogP contribution in [0.1, 0.15) is 72.1 Å². The van der Waals surface area contributed by atoms with Gasteiger partial charge in [-0.1, -0.05) is 25.5 Å². The molecule has 0 spiro atoms. The minimum absolute atomic E-state index is 0.132. The van der Waals surface area contributed by atoms with Crippen LogP contribution in [0.15, 0.2) is 11.6 Å². The number of aliphatic hydroxyl groups excluding tert-OH is 1. The van der Waals surface area contributed by atoms with E-state index in [2.05, 4.69) is 38.9 Å². The van der Waals surface area contributed by atoms with E-state index in [1.54, 1.807) is 5.57 Å². The van der Waals surface area contributed by atoms with Gasteiger partial charge in [-0.15, -0.1) is 0 Å². The van der Waals surface area contributed by atoms with Crippen molar-refractivity contribution >= 4 is 0 Å². The molecule has 0 saturated heterocycles. The lowest BCUT2D eigenvalue weighted by Gasteiger charge is -2.58. The summed E-state index contributed by atoms with van der Waals surface area (Å²) >= 11 is 0. The van der Waals surface area contributed by atoms with Crippen LogP contribution in [0.2, 0.25) is 0 Å². The van der Waals surface area contributed by atoms with E-state index in [9.17, 15) is 5.11 Å². The standard InChI is InChI=1S/C23H39NO/c1-15(25)19-8-9-20-18-7-6-16-14-17(24(4)5)10-12-22(16,2)21(18)11-13-23(19,20)3/h6,15,17-21,25H,7-14H2,1-5H3/t15?,17-,18-,19+,20-,21-,22-,23+/m0/s1. The van der Waals surface area contributed by atoms with E-state index in [-0.39, 0.29) is 6.10 Å². The van der Waals surface area contributed by atoms with Gasteiger partial charge >= 0.3 is 0 Å². The van der Waals surface area contributed by atoms with Gasteiger partial charge in [-0.25, -0.2) is 0 Å². The van der Waals surface area contributed by atoms with E-state index in [0.29, 0.717) is 16.7 Å². The molecule has 142 valence electrons. The summed E-state index contributed by atoms with van der Waals surface area (Å²) < 4.78 is 0. The Morgan fingerprint density at radius 2 is 1.84 bits per heavy atom. The van der Waals surface area contributed by atoms with Gasteiger partial charge in [0.25, 0.3) is 0 Å². The molecule has 3 saturated carbocycles. The number of allylic oxidation sites excluding steroid dienone is 1. The smallest absolute Gasteiger partial charge is 0.0545 e. The third-order valence-electron chi connectivity index (χ3n) is 9.46. The first-order chi connectivity index (χ1) is 11.8. The number of aliphatic hydroxyl groups is 1. The summed E-state index contributed by atoms with van der Waals surface area (Å²) in [5, 5.41) is 10.4. The highest BCUT2D eigenvalue weighted by molar-refractivity contribution is 5.26. The molecule has 25 heavy (non-hydrogen) atoms. The van der Waals surface area contributed by atoms with Gasteiger partial charge in [0.05, 0.1) is 6.10 Å². The highest BCUT2D eigenvalue weighted by atomic mass is 16.3. The Labute approximate surface area is 155 Å². The predicted molar refractivity (Wildman–Crippen MR) is 104 cm³/mol. The molecule has 1 unspecified atom stereocenters. The lowest BCUT2D eigenvalue weighted by atomic mass is 9.47. The van der Waals surface area contributed by atoms with Crippen LogP contribution in [0.25, 0.3) is 0 Å². The van der Waals surface area contributed by atoms with Gasteiger partial charge in [0.2, 0.25) is 0 Å². The Morgan fingerprint density at radius 1 is 1.08 bits per heavy atom. The van der Waals surface area contributed by atoms with Gasteiger partial charge in [-0.2, -0.15) is 0 Å². The van der Waals surface area contributed by atoms with Crippen LogP contribution in [-0.2, 0) is 0 Å². The zero-order chi connectivity index (χ0) is 18.0. The van der Waals surface area contributed by atoms with E-state index >= 15 is 0 Å². The van der Waals surface area contributed by atoms with Gasteiger partial charge < -0.3 is 10.0 Å². The van der Waals surface area contributed by atoms with Gasteiger partial charge in [-0.3, -0.25) is 0 Å². The van der Waals surface area contributed by atoms with E-state index in [4.69, 9.17) is 0 Å². The molecule has 0 amide bonds. The summed E-state index contributed by atoms with van der Waals surface area (Å²) in [6, 6.07) is 0.746. The third-order valence-corrected chi connectivity index (χ3v) is 9.46. The monoisotopic (exact) mass is 345 g/mol. The number of rotatable bonds is 2.